The van der Waals surface area contributed by atoms with E-state index in [1.54, 1.807) is 0 Å². The molecule has 0 unspecified atom stereocenters. The van der Waals surface area contributed by atoms with Crippen molar-refractivity contribution in [2.75, 3.05) is 11.4 Å². The fourth-order valence-corrected chi connectivity index (χ4v) is 4.77. The van der Waals surface area contributed by atoms with Gasteiger partial charge in [0.05, 0.1) is 34.5 Å². The molecule has 2 aromatic rings. The number of ether oxygens (including phenoxy) is 1. The fraction of sp³-hybridized carbons (Fsp3) is 0.481. The molecule has 3 rings (SSSR count). The quantitative estimate of drug-likeness (QED) is 0.333. The first-order valence-electron chi connectivity index (χ1n) is 12.5. The number of amides is 2. The molecule has 0 saturated heterocycles. The summed E-state index contributed by atoms with van der Waals surface area (Å²) in [6.45, 7) is 4.48. The molecular weight excluding hydrogens is 571 g/mol. The lowest BCUT2D eigenvalue weighted by Gasteiger charge is -2.33. The molecule has 1 heterocycles. The standard InChI is InChI=1S/C27H27F9N2O3/c1-14(2)41-24(40)37-7-5-6-22(20-8-15(3)21(12-23(20)37)27(34,35)36)38(16(4)39)13-17-9-18(25(28,29)30)11-19(10-17)26(31,32)33/h8-12,14,22H,5-7,13H2,1-4H3/t22-/m1/s1. The number of nitrogens with zero attached hydrogens (tertiary/aromatic N) is 2. The second kappa shape index (κ2) is 11.4. The van der Waals surface area contributed by atoms with Crippen LogP contribution in [0.5, 0.6) is 0 Å². The molecule has 1 atom stereocenters. The van der Waals surface area contributed by atoms with Gasteiger partial charge in [0, 0.05) is 20.0 Å². The van der Waals surface area contributed by atoms with Crippen molar-refractivity contribution in [3.8, 4) is 0 Å². The van der Waals surface area contributed by atoms with Gasteiger partial charge in [0.1, 0.15) is 0 Å². The molecule has 0 radical (unpaired) electrons. The van der Waals surface area contributed by atoms with E-state index in [0.717, 1.165) is 28.9 Å². The second-order valence-electron chi connectivity index (χ2n) is 10.0. The number of hydrogen-bond donors (Lipinski definition) is 0. The van der Waals surface area contributed by atoms with Crippen LogP contribution in [-0.4, -0.2) is 29.5 Å². The maximum Gasteiger partial charge on any atom is 0.416 e. The van der Waals surface area contributed by atoms with Gasteiger partial charge in [-0.15, -0.1) is 0 Å². The van der Waals surface area contributed by atoms with E-state index < -0.39 is 71.5 Å². The lowest BCUT2D eigenvalue weighted by molar-refractivity contribution is -0.143. The van der Waals surface area contributed by atoms with Gasteiger partial charge < -0.3 is 9.64 Å². The summed E-state index contributed by atoms with van der Waals surface area (Å²) in [6.07, 6.45) is -16.4. The Bertz CT molecular complexity index is 1270. The highest BCUT2D eigenvalue weighted by molar-refractivity contribution is 5.90. The number of anilines is 1. The molecule has 5 nitrogen and oxygen atoms in total. The van der Waals surface area contributed by atoms with Gasteiger partial charge >= 0.3 is 24.6 Å². The monoisotopic (exact) mass is 598 g/mol. The van der Waals surface area contributed by atoms with E-state index in [4.69, 9.17) is 4.74 Å². The number of halogens is 9. The maximum absolute atomic E-state index is 13.8. The molecule has 0 bridgehead atoms. The first-order chi connectivity index (χ1) is 18.7. The SMILES string of the molecule is CC(=O)N(Cc1cc(C(F)(F)F)cc(C(F)(F)F)c1)[C@@H]1CCCN(C(=O)OC(C)C)c2cc(C(F)(F)F)c(C)cc21. The van der Waals surface area contributed by atoms with Crippen molar-refractivity contribution in [1.82, 2.24) is 4.90 Å². The summed E-state index contributed by atoms with van der Waals surface area (Å²) >= 11 is 0. The molecule has 0 fully saturated rings. The predicted octanol–water partition coefficient (Wildman–Crippen LogP) is 8.29. The molecule has 2 amide bonds. The molecule has 14 heteroatoms. The Kier molecular flexibility index (Phi) is 8.95. The smallest absolute Gasteiger partial charge is 0.416 e. The lowest BCUT2D eigenvalue weighted by Crippen LogP contribution is -2.35. The highest BCUT2D eigenvalue weighted by Gasteiger charge is 2.40. The third kappa shape index (κ3) is 7.45. The van der Waals surface area contributed by atoms with Gasteiger partial charge in [-0.2, -0.15) is 39.5 Å². The third-order valence-electron chi connectivity index (χ3n) is 6.53. The van der Waals surface area contributed by atoms with Gasteiger partial charge in [-0.1, -0.05) is 6.07 Å². The summed E-state index contributed by atoms with van der Waals surface area (Å²) in [5.74, 6) is -0.748. The van der Waals surface area contributed by atoms with Crippen LogP contribution < -0.4 is 4.90 Å². The minimum Gasteiger partial charge on any atom is -0.446 e. The van der Waals surface area contributed by atoms with Crippen LogP contribution in [0.15, 0.2) is 30.3 Å². The molecule has 1 aliphatic heterocycles. The Morgan fingerprint density at radius 1 is 0.927 bits per heavy atom. The summed E-state index contributed by atoms with van der Waals surface area (Å²) in [7, 11) is 0. The van der Waals surface area contributed by atoms with E-state index in [1.165, 1.54) is 20.8 Å². The third-order valence-corrected chi connectivity index (χ3v) is 6.53. The summed E-state index contributed by atoms with van der Waals surface area (Å²) < 4.78 is 127. The molecule has 1 aliphatic rings. The van der Waals surface area contributed by atoms with Crippen molar-refractivity contribution < 1.29 is 53.8 Å². The minimum absolute atomic E-state index is 0.0389. The average Bonchev–Trinajstić information content (AvgIpc) is 2.98. The molecular formula is C27H27F9N2O3. The molecule has 0 N–H and O–H groups in total. The number of benzene rings is 2. The Morgan fingerprint density at radius 3 is 1.95 bits per heavy atom. The van der Waals surface area contributed by atoms with Gasteiger partial charge in [-0.25, -0.2) is 4.79 Å². The Morgan fingerprint density at radius 2 is 1.49 bits per heavy atom. The van der Waals surface area contributed by atoms with E-state index in [1.807, 2.05) is 0 Å². The normalized spacial score (nSPS) is 16.3. The molecule has 2 aromatic carbocycles. The van der Waals surface area contributed by atoms with Crippen molar-refractivity contribution in [3.05, 3.63) is 63.7 Å². The van der Waals surface area contributed by atoms with E-state index >= 15 is 0 Å². The van der Waals surface area contributed by atoms with Gasteiger partial charge in [0.2, 0.25) is 5.91 Å². The van der Waals surface area contributed by atoms with Gasteiger partial charge in [0.25, 0.3) is 0 Å². The van der Waals surface area contributed by atoms with E-state index in [2.05, 4.69) is 0 Å². The molecule has 0 aliphatic carbocycles. The number of carbonyl (C=O) groups excluding carboxylic acids is 2. The number of carbonyl (C=O) groups is 2. The molecule has 0 saturated carbocycles. The Balaban J connectivity index is 2.19. The van der Waals surface area contributed by atoms with Crippen molar-refractivity contribution in [1.29, 1.82) is 0 Å². The Hall–Kier alpha value is -3.45. The zero-order chi connectivity index (χ0) is 31.1. The molecule has 0 aromatic heterocycles. The van der Waals surface area contributed by atoms with E-state index in [0.29, 0.717) is 12.1 Å². The highest BCUT2D eigenvalue weighted by atomic mass is 19.4. The van der Waals surface area contributed by atoms with Gasteiger partial charge in [-0.05, 0) is 74.6 Å². The van der Waals surface area contributed by atoms with Crippen molar-refractivity contribution in [2.24, 2.45) is 0 Å². The van der Waals surface area contributed by atoms with Crippen molar-refractivity contribution >= 4 is 17.7 Å². The number of hydrogen-bond acceptors (Lipinski definition) is 3. The summed E-state index contributed by atoms with van der Waals surface area (Å²) in [5, 5.41) is 0. The second-order valence-corrected chi connectivity index (χ2v) is 10.0. The maximum atomic E-state index is 13.8. The van der Waals surface area contributed by atoms with Crippen LogP contribution in [0.4, 0.5) is 50.0 Å². The summed E-state index contributed by atoms with van der Waals surface area (Å²) in [4.78, 5) is 27.7. The minimum atomic E-state index is -5.12. The zero-order valence-corrected chi connectivity index (χ0v) is 22.4. The average molecular weight is 599 g/mol. The van der Waals surface area contributed by atoms with Crippen LogP contribution in [0, 0.1) is 6.92 Å². The van der Waals surface area contributed by atoms with Crippen LogP contribution in [0.1, 0.15) is 73.0 Å². The van der Waals surface area contributed by atoms with Crippen LogP contribution in [0.3, 0.4) is 0 Å². The fourth-order valence-electron chi connectivity index (χ4n) is 4.77. The van der Waals surface area contributed by atoms with Gasteiger partial charge in [0.15, 0.2) is 0 Å². The zero-order valence-electron chi connectivity index (χ0n) is 22.4. The first kappa shape index (κ1) is 32.1. The largest absolute Gasteiger partial charge is 0.446 e. The van der Waals surface area contributed by atoms with Crippen LogP contribution in [-0.2, 0) is 34.6 Å². The van der Waals surface area contributed by atoms with Crippen molar-refractivity contribution in [3.63, 3.8) is 0 Å². The van der Waals surface area contributed by atoms with E-state index in [9.17, 15) is 49.1 Å². The number of alkyl halides is 9. The molecule has 41 heavy (non-hydrogen) atoms. The predicted molar refractivity (Wildman–Crippen MR) is 130 cm³/mol. The highest BCUT2D eigenvalue weighted by Crippen LogP contribution is 2.44. The first-order valence-corrected chi connectivity index (χ1v) is 12.5. The van der Waals surface area contributed by atoms with Crippen LogP contribution in [0.2, 0.25) is 0 Å². The van der Waals surface area contributed by atoms with Crippen LogP contribution in [0.25, 0.3) is 0 Å². The summed E-state index contributed by atoms with van der Waals surface area (Å²) in [6, 6.07) is 1.74. The Labute approximate surface area is 229 Å². The molecule has 226 valence electrons. The lowest BCUT2D eigenvalue weighted by atomic mass is 9.94. The van der Waals surface area contributed by atoms with Crippen LogP contribution >= 0.6 is 0 Å². The van der Waals surface area contributed by atoms with Gasteiger partial charge in [-0.3, -0.25) is 9.69 Å². The molecule has 0 spiro atoms. The number of fused-ring (bicyclic) bond motifs is 1. The van der Waals surface area contributed by atoms with Crippen molar-refractivity contribution in [2.45, 2.75) is 77.8 Å². The number of rotatable bonds is 4. The van der Waals surface area contributed by atoms with E-state index in [-0.39, 0.29) is 42.3 Å². The summed E-state index contributed by atoms with van der Waals surface area (Å²) in [5.41, 5.74) is -5.06. The topological polar surface area (TPSA) is 49.9 Å². The number of aryl methyl sites for hydroxylation is 1.